The predicted octanol–water partition coefficient (Wildman–Crippen LogP) is 7.87. The number of oxazole rings is 2. The highest BCUT2D eigenvalue weighted by molar-refractivity contribution is 5.88. The number of aromatic nitrogens is 6. The molecule has 328 valence electrons. The average molecular weight is 868 g/mol. The molecule has 0 atom stereocenters. The van der Waals surface area contributed by atoms with Crippen LogP contribution in [0.2, 0.25) is 0 Å². The second kappa shape index (κ2) is 19.4. The van der Waals surface area contributed by atoms with Crippen molar-refractivity contribution in [3.05, 3.63) is 151 Å². The zero-order chi connectivity index (χ0) is 46.2. The maximum atomic E-state index is 11.3. The lowest BCUT2D eigenvalue weighted by molar-refractivity contribution is -0.297. The Morgan fingerprint density at radius 1 is 0.578 bits per heavy atom. The number of H-pyrrole nitrogens is 2. The topological polar surface area (TPSA) is 269 Å². The molecule has 8 aromatic rings. The SMILES string of the molecule is Cc1cnc(Nc2cc(C)c(C)c(C)c2)nc1Nc1ccc2oc(=O)[nH]c2c1.Cc1cnc(Nc2cc(C)c(C)c(C)c2)nc1Nc1ccc2oc(=O)[nH]c2c1.O=C([O-])/C=C/C(=O)O.[H+].[H+]. The molecule has 0 bridgehead atoms. The molecule has 4 aromatic heterocycles. The lowest BCUT2D eigenvalue weighted by Gasteiger charge is -2.13. The van der Waals surface area contributed by atoms with Crippen LogP contribution in [0.5, 0.6) is 0 Å². The first-order valence-corrected chi connectivity index (χ1v) is 19.7. The zero-order valence-corrected chi connectivity index (χ0v) is 36.2. The van der Waals surface area contributed by atoms with Crippen LogP contribution in [-0.2, 0) is 9.59 Å². The molecule has 0 saturated carbocycles. The first kappa shape index (κ1) is 45.0. The molecule has 0 unspecified atom stereocenters. The van der Waals surface area contributed by atoms with E-state index < -0.39 is 23.5 Å². The molecule has 0 aliphatic carbocycles. The van der Waals surface area contributed by atoms with Crippen molar-refractivity contribution in [2.45, 2.75) is 55.4 Å². The number of nitrogens with zero attached hydrogens (tertiary/aromatic N) is 4. The smallest absolute Gasteiger partial charge is 0.545 e. The van der Waals surface area contributed by atoms with Crippen molar-refractivity contribution < 1.29 is 31.5 Å². The van der Waals surface area contributed by atoms with E-state index in [-0.39, 0.29) is 2.85 Å². The highest BCUT2D eigenvalue weighted by Crippen LogP contribution is 2.27. The summed E-state index contributed by atoms with van der Waals surface area (Å²) in [6, 6.07) is 19.1. The molecule has 18 heteroatoms. The number of carboxylic acid groups (broad SMARTS) is 2. The van der Waals surface area contributed by atoms with E-state index in [4.69, 9.17) is 13.9 Å². The molecule has 0 aliphatic heterocycles. The number of aliphatic carboxylic acids is 2. The van der Waals surface area contributed by atoms with Crippen LogP contribution in [0.15, 0.2) is 104 Å². The van der Waals surface area contributed by atoms with Gasteiger partial charge in [0.05, 0.1) is 17.0 Å². The summed E-state index contributed by atoms with van der Waals surface area (Å²) >= 11 is 0. The van der Waals surface area contributed by atoms with Crippen LogP contribution in [0.1, 0.15) is 47.4 Å². The van der Waals surface area contributed by atoms with Gasteiger partial charge in [-0.3, -0.25) is 9.97 Å². The van der Waals surface area contributed by atoms with Gasteiger partial charge >= 0.3 is 20.3 Å². The van der Waals surface area contributed by atoms with E-state index in [1.165, 1.54) is 33.4 Å². The van der Waals surface area contributed by atoms with Gasteiger partial charge in [-0.25, -0.2) is 24.4 Å². The van der Waals surface area contributed by atoms with E-state index >= 15 is 0 Å². The molecule has 18 nitrogen and oxygen atoms in total. The number of carbonyl (C=O) groups is 2. The molecule has 64 heavy (non-hydrogen) atoms. The van der Waals surface area contributed by atoms with Crippen LogP contribution in [0, 0.1) is 55.4 Å². The first-order chi connectivity index (χ1) is 30.4. The summed E-state index contributed by atoms with van der Waals surface area (Å²) in [5.41, 5.74) is 15.0. The second-order valence-corrected chi connectivity index (χ2v) is 14.9. The fourth-order valence-corrected chi connectivity index (χ4v) is 6.20. The van der Waals surface area contributed by atoms with Crippen LogP contribution in [0.25, 0.3) is 22.2 Å². The Morgan fingerprint density at radius 3 is 1.31 bits per heavy atom. The zero-order valence-electron chi connectivity index (χ0n) is 38.2. The van der Waals surface area contributed by atoms with Crippen molar-refractivity contribution in [3.8, 4) is 0 Å². The number of nitrogens with one attached hydrogen (secondary N) is 6. The fraction of sp³-hybridized carbons (Fsp3) is 0.174. The number of benzene rings is 4. The lowest BCUT2D eigenvalue weighted by atomic mass is 10.0. The molecule has 0 saturated heterocycles. The highest BCUT2D eigenvalue weighted by atomic mass is 16.4. The van der Waals surface area contributed by atoms with Crippen molar-refractivity contribution in [3.63, 3.8) is 0 Å². The molecule has 0 radical (unpaired) electrons. The predicted molar refractivity (Wildman–Crippen MR) is 246 cm³/mol. The van der Waals surface area contributed by atoms with Crippen molar-refractivity contribution >= 4 is 80.4 Å². The van der Waals surface area contributed by atoms with Gasteiger partial charge in [-0.15, -0.1) is 0 Å². The quantitative estimate of drug-likeness (QED) is 0.0644. The summed E-state index contributed by atoms with van der Waals surface area (Å²) in [4.78, 5) is 64.9. The molecule has 0 aliphatic rings. The van der Waals surface area contributed by atoms with Gasteiger partial charge in [0.1, 0.15) is 11.6 Å². The second-order valence-electron chi connectivity index (χ2n) is 14.9. The molecule has 8 rings (SSSR count). The molecular formula is C46H47N10O8+. The number of hydrogen-bond donors (Lipinski definition) is 7. The summed E-state index contributed by atoms with van der Waals surface area (Å²) < 4.78 is 10.1. The van der Waals surface area contributed by atoms with Crippen LogP contribution in [-0.4, -0.2) is 46.9 Å². The van der Waals surface area contributed by atoms with Gasteiger partial charge in [0.25, 0.3) is 0 Å². The van der Waals surface area contributed by atoms with Crippen LogP contribution in [0.4, 0.5) is 46.3 Å². The molecule has 0 amide bonds. The molecule has 7 N–H and O–H groups in total. The Morgan fingerprint density at radius 2 is 0.969 bits per heavy atom. The molecule has 0 fully saturated rings. The van der Waals surface area contributed by atoms with Crippen molar-refractivity contribution in [1.82, 2.24) is 29.9 Å². The minimum Gasteiger partial charge on any atom is -0.545 e. The number of carboxylic acids is 2. The van der Waals surface area contributed by atoms with E-state index in [0.717, 1.165) is 33.9 Å². The summed E-state index contributed by atoms with van der Waals surface area (Å²) in [5.74, 6) is -1.36. The van der Waals surface area contributed by atoms with Crippen LogP contribution >= 0.6 is 0 Å². The van der Waals surface area contributed by atoms with E-state index in [2.05, 4.69) is 117 Å². The minimum absolute atomic E-state index is 0. The lowest BCUT2D eigenvalue weighted by Crippen LogP contribution is -2.19. The van der Waals surface area contributed by atoms with Gasteiger partial charge in [0, 0.05) is 52.3 Å². The number of aromatic amines is 2. The van der Waals surface area contributed by atoms with Crippen molar-refractivity contribution in [1.29, 1.82) is 0 Å². The number of rotatable bonds is 10. The van der Waals surface area contributed by atoms with E-state index in [9.17, 15) is 24.3 Å². The summed E-state index contributed by atoms with van der Waals surface area (Å²) in [7, 11) is 0. The van der Waals surface area contributed by atoms with Crippen LogP contribution in [0.3, 0.4) is 0 Å². The highest BCUT2D eigenvalue weighted by Gasteiger charge is 2.11. The minimum atomic E-state index is -1.51. The number of fused-ring (bicyclic) bond motifs is 2. The van der Waals surface area contributed by atoms with Gasteiger partial charge in [0.15, 0.2) is 11.2 Å². The monoisotopic (exact) mass is 867 g/mol. The number of carbonyl (C=O) groups excluding carboxylic acids is 1. The summed E-state index contributed by atoms with van der Waals surface area (Å²) in [5, 5.41) is 30.3. The largest absolute Gasteiger partial charge is 1.00 e. The Balaban J connectivity index is 0.000000242. The summed E-state index contributed by atoms with van der Waals surface area (Å²) in [6.07, 6.45) is 4.48. The third-order valence-corrected chi connectivity index (χ3v) is 10.0. The van der Waals surface area contributed by atoms with E-state index in [1.807, 2.05) is 38.1 Å². The Hall–Kier alpha value is -8.54. The van der Waals surface area contributed by atoms with Crippen molar-refractivity contribution in [2.75, 3.05) is 21.3 Å². The third-order valence-electron chi connectivity index (χ3n) is 10.0. The number of hydrogen-bond acceptors (Lipinski definition) is 15. The third kappa shape index (κ3) is 11.6. The molecule has 4 aromatic carbocycles. The van der Waals surface area contributed by atoms with Gasteiger partial charge in [-0.1, -0.05) is 0 Å². The van der Waals surface area contributed by atoms with Crippen molar-refractivity contribution in [2.24, 2.45) is 0 Å². The first-order valence-electron chi connectivity index (χ1n) is 19.7. The maximum Gasteiger partial charge on any atom is 1.00 e. The van der Waals surface area contributed by atoms with E-state index in [0.29, 0.717) is 57.9 Å². The van der Waals surface area contributed by atoms with Gasteiger partial charge in [-0.05, 0) is 156 Å². The maximum absolute atomic E-state index is 11.3. The number of anilines is 8. The molecular weight excluding hydrogens is 821 g/mol. The Bertz CT molecular complexity index is 2940. The van der Waals surface area contributed by atoms with Gasteiger partial charge in [-0.2, -0.15) is 9.97 Å². The van der Waals surface area contributed by atoms with Crippen LogP contribution < -0.4 is 37.9 Å². The average Bonchev–Trinajstić information content (AvgIpc) is 3.80. The molecule has 0 spiro atoms. The summed E-state index contributed by atoms with van der Waals surface area (Å²) in [6.45, 7) is 16.5. The normalized spacial score (nSPS) is 10.8. The number of aryl methyl sites for hydroxylation is 6. The molecule has 4 heterocycles. The Labute approximate surface area is 368 Å². The fourth-order valence-electron chi connectivity index (χ4n) is 6.20. The standard InChI is InChI=1S/2C21H21N5O2.C4H4O4/c2*1-11-7-16(8-12(2)14(11)4)24-20-22-10-13(3)19(26-20)23-15-5-6-18-17(9-15)25-21(27)28-18;5-3(6)1-2-4(7)8/h2*5-10H,1-4H3,(H,25,27)(H2,22,23,24,26);1-2H,(H,5,6)(H,7,8)/p+1/b;;2-1+. The van der Waals surface area contributed by atoms with Gasteiger partial charge in [0.2, 0.25) is 11.9 Å². The van der Waals surface area contributed by atoms with E-state index in [1.54, 1.807) is 24.5 Å². The van der Waals surface area contributed by atoms with Gasteiger partial charge < -0.3 is 45.1 Å². The Kier molecular flexibility index (Phi) is 13.7.